The highest BCUT2D eigenvalue weighted by atomic mass is 16.1. The first-order valence-electron chi connectivity index (χ1n) is 11.2. The molecule has 0 amide bonds. The fraction of sp³-hybridized carbons (Fsp3) is 0.240. The number of imidazole rings is 1. The molecule has 0 aliphatic carbocycles. The molecule has 3 heterocycles. The van der Waals surface area contributed by atoms with Gasteiger partial charge in [0.15, 0.2) is 11.5 Å². The summed E-state index contributed by atoms with van der Waals surface area (Å²) in [5.41, 5.74) is 3.63. The van der Waals surface area contributed by atoms with E-state index in [1.807, 2.05) is 55.5 Å². The second-order valence-electron chi connectivity index (χ2n) is 8.08. The standard InChI is InChI=1S/C25H25N7O/c1-3-4-12-19(30-23-21-22(27-14-26-21)28-15-29-23)24-31-18-13-8-9-16(2)20(18)25(33)32(24)17-10-6-5-7-11-17/h5-11,13-15,19H,3-4,12H2,1-2H3,(H2,26,27,28,29,30). The molecular formula is C25H25N7O. The highest BCUT2D eigenvalue weighted by Gasteiger charge is 2.23. The van der Waals surface area contributed by atoms with E-state index in [-0.39, 0.29) is 11.6 Å². The molecule has 8 heteroatoms. The first-order chi connectivity index (χ1) is 16.2. The molecule has 5 rings (SSSR count). The number of rotatable bonds is 7. The van der Waals surface area contributed by atoms with E-state index < -0.39 is 0 Å². The van der Waals surface area contributed by atoms with E-state index in [1.54, 1.807) is 10.9 Å². The molecule has 2 aromatic carbocycles. The van der Waals surface area contributed by atoms with Crippen LogP contribution in [0.4, 0.5) is 5.82 Å². The van der Waals surface area contributed by atoms with Gasteiger partial charge in [0.1, 0.15) is 17.7 Å². The lowest BCUT2D eigenvalue weighted by atomic mass is 10.1. The van der Waals surface area contributed by atoms with E-state index in [9.17, 15) is 4.79 Å². The third kappa shape index (κ3) is 3.84. The van der Waals surface area contributed by atoms with Crippen molar-refractivity contribution in [2.24, 2.45) is 0 Å². The number of aryl methyl sites for hydroxylation is 1. The molecule has 0 radical (unpaired) electrons. The van der Waals surface area contributed by atoms with Gasteiger partial charge in [0.2, 0.25) is 0 Å². The van der Waals surface area contributed by atoms with E-state index >= 15 is 0 Å². The Kier molecular flexibility index (Phi) is 5.56. The molecule has 0 saturated heterocycles. The molecule has 0 aliphatic heterocycles. The molecule has 8 nitrogen and oxygen atoms in total. The number of aromatic nitrogens is 6. The van der Waals surface area contributed by atoms with Crippen molar-refractivity contribution in [1.82, 2.24) is 29.5 Å². The minimum atomic E-state index is -0.246. The summed E-state index contributed by atoms with van der Waals surface area (Å²) in [6, 6.07) is 15.2. The van der Waals surface area contributed by atoms with E-state index in [0.29, 0.717) is 28.2 Å². The van der Waals surface area contributed by atoms with Gasteiger partial charge < -0.3 is 10.3 Å². The van der Waals surface area contributed by atoms with E-state index in [2.05, 4.69) is 32.2 Å². The van der Waals surface area contributed by atoms with Gasteiger partial charge in [-0.1, -0.05) is 50.1 Å². The number of aromatic amines is 1. The van der Waals surface area contributed by atoms with Crippen LogP contribution in [0.3, 0.4) is 0 Å². The van der Waals surface area contributed by atoms with Gasteiger partial charge in [-0.25, -0.2) is 19.9 Å². The van der Waals surface area contributed by atoms with Crippen LogP contribution >= 0.6 is 0 Å². The van der Waals surface area contributed by atoms with Crippen molar-refractivity contribution in [1.29, 1.82) is 0 Å². The molecule has 0 bridgehead atoms. The summed E-state index contributed by atoms with van der Waals surface area (Å²) >= 11 is 0. The molecule has 0 saturated carbocycles. The number of para-hydroxylation sites is 1. The molecule has 0 aliphatic rings. The van der Waals surface area contributed by atoms with Crippen LogP contribution in [-0.4, -0.2) is 29.5 Å². The summed E-state index contributed by atoms with van der Waals surface area (Å²) in [5.74, 6) is 1.29. The van der Waals surface area contributed by atoms with Gasteiger partial charge in [-0.05, 0) is 37.1 Å². The highest BCUT2D eigenvalue weighted by molar-refractivity contribution is 5.83. The Morgan fingerprint density at radius 3 is 2.73 bits per heavy atom. The van der Waals surface area contributed by atoms with Gasteiger partial charge >= 0.3 is 0 Å². The number of benzene rings is 2. The number of unbranched alkanes of at least 4 members (excludes halogenated alkanes) is 1. The fourth-order valence-corrected chi connectivity index (χ4v) is 4.19. The average Bonchev–Trinajstić information content (AvgIpc) is 3.32. The third-order valence-electron chi connectivity index (χ3n) is 5.84. The number of nitrogens with one attached hydrogen (secondary N) is 2. The van der Waals surface area contributed by atoms with Crippen LogP contribution in [0.25, 0.3) is 27.8 Å². The molecule has 33 heavy (non-hydrogen) atoms. The largest absolute Gasteiger partial charge is 0.358 e. The van der Waals surface area contributed by atoms with Crippen molar-refractivity contribution in [2.45, 2.75) is 39.2 Å². The molecule has 2 N–H and O–H groups in total. The lowest BCUT2D eigenvalue weighted by molar-refractivity contribution is 0.589. The fourth-order valence-electron chi connectivity index (χ4n) is 4.19. The van der Waals surface area contributed by atoms with E-state index in [4.69, 9.17) is 4.98 Å². The second-order valence-corrected chi connectivity index (χ2v) is 8.08. The Morgan fingerprint density at radius 1 is 1.06 bits per heavy atom. The molecule has 166 valence electrons. The summed E-state index contributed by atoms with van der Waals surface area (Å²) in [6.07, 6.45) is 5.86. The minimum absolute atomic E-state index is 0.0722. The number of hydrogen-bond acceptors (Lipinski definition) is 6. The first-order valence-corrected chi connectivity index (χ1v) is 11.2. The maximum atomic E-state index is 13.8. The molecule has 5 aromatic rings. The number of hydrogen-bond donors (Lipinski definition) is 2. The predicted molar refractivity (Wildman–Crippen MR) is 130 cm³/mol. The van der Waals surface area contributed by atoms with Gasteiger partial charge in [-0.3, -0.25) is 9.36 Å². The van der Waals surface area contributed by atoms with Crippen molar-refractivity contribution in [3.8, 4) is 5.69 Å². The second kappa shape index (κ2) is 8.82. The summed E-state index contributed by atoms with van der Waals surface area (Å²) < 4.78 is 1.73. The first kappa shape index (κ1) is 20.8. The molecule has 1 unspecified atom stereocenters. The van der Waals surface area contributed by atoms with Gasteiger partial charge in [0, 0.05) is 0 Å². The highest BCUT2D eigenvalue weighted by Crippen LogP contribution is 2.28. The van der Waals surface area contributed by atoms with E-state index in [1.165, 1.54) is 6.33 Å². The monoisotopic (exact) mass is 439 g/mol. The van der Waals surface area contributed by atoms with Crippen molar-refractivity contribution in [3.05, 3.63) is 82.9 Å². The zero-order chi connectivity index (χ0) is 22.8. The van der Waals surface area contributed by atoms with Gasteiger partial charge in [-0.15, -0.1) is 0 Å². The van der Waals surface area contributed by atoms with Gasteiger partial charge in [0.05, 0.1) is 29.0 Å². The zero-order valence-corrected chi connectivity index (χ0v) is 18.6. The SMILES string of the molecule is CCCCC(Nc1ncnc2nc[nH]c12)c1nc2cccc(C)c2c(=O)n1-c1ccccc1. The summed E-state index contributed by atoms with van der Waals surface area (Å²) in [7, 11) is 0. The topological polar surface area (TPSA) is 101 Å². The normalized spacial score (nSPS) is 12.3. The number of nitrogens with zero attached hydrogens (tertiary/aromatic N) is 5. The molecular weight excluding hydrogens is 414 g/mol. The van der Waals surface area contributed by atoms with Crippen LogP contribution in [-0.2, 0) is 0 Å². The Labute approximate surface area is 190 Å². The summed E-state index contributed by atoms with van der Waals surface area (Å²) in [6.45, 7) is 4.10. The maximum Gasteiger partial charge on any atom is 0.266 e. The van der Waals surface area contributed by atoms with Crippen LogP contribution in [0.1, 0.15) is 43.6 Å². The van der Waals surface area contributed by atoms with Crippen molar-refractivity contribution < 1.29 is 0 Å². The van der Waals surface area contributed by atoms with Gasteiger partial charge in [-0.2, -0.15) is 0 Å². The molecule has 1 atom stereocenters. The van der Waals surface area contributed by atoms with Crippen molar-refractivity contribution in [2.75, 3.05) is 5.32 Å². The van der Waals surface area contributed by atoms with Crippen molar-refractivity contribution >= 4 is 27.9 Å². The lowest BCUT2D eigenvalue weighted by Crippen LogP contribution is -2.29. The number of anilines is 1. The van der Waals surface area contributed by atoms with Crippen molar-refractivity contribution in [3.63, 3.8) is 0 Å². The number of fused-ring (bicyclic) bond motifs is 2. The zero-order valence-electron chi connectivity index (χ0n) is 18.6. The third-order valence-corrected chi connectivity index (χ3v) is 5.84. The van der Waals surface area contributed by atoms with Crippen LogP contribution in [0, 0.1) is 6.92 Å². The van der Waals surface area contributed by atoms with Crippen LogP contribution in [0.15, 0.2) is 66.0 Å². The predicted octanol–water partition coefficient (Wildman–Crippen LogP) is 4.70. The Hall–Kier alpha value is -4.07. The minimum Gasteiger partial charge on any atom is -0.358 e. The summed E-state index contributed by atoms with van der Waals surface area (Å²) in [5, 5.41) is 4.17. The van der Waals surface area contributed by atoms with E-state index in [0.717, 1.165) is 36.0 Å². The Balaban J connectivity index is 1.74. The average molecular weight is 440 g/mol. The Bertz CT molecular complexity index is 1470. The quantitative estimate of drug-likeness (QED) is 0.381. The molecule has 0 spiro atoms. The van der Waals surface area contributed by atoms with Gasteiger partial charge in [0.25, 0.3) is 5.56 Å². The lowest BCUT2D eigenvalue weighted by Gasteiger charge is -2.23. The maximum absolute atomic E-state index is 13.8. The number of H-pyrrole nitrogens is 1. The molecule has 0 fully saturated rings. The van der Waals surface area contributed by atoms with Crippen LogP contribution in [0.5, 0.6) is 0 Å². The Morgan fingerprint density at radius 2 is 1.91 bits per heavy atom. The summed E-state index contributed by atoms with van der Waals surface area (Å²) in [4.78, 5) is 34.8. The smallest absolute Gasteiger partial charge is 0.266 e. The van der Waals surface area contributed by atoms with Crippen LogP contribution < -0.4 is 10.9 Å². The molecule has 3 aromatic heterocycles. The van der Waals surface area contributed by atoms with Crippen LogP contribution in [0.2, 0.25) is 0 Å².